The number of hydrogen-bond donors (Lipinski definition) is 0. The first-order chi connectivity index (χ1) is 8.43. The molecule has 7 heteroatoms. The summed E-state index contributed by atoms with van der Waals surface area (Å²) in [5.74, 6) is 2.66. The van der Waals surface area contributed by atoms with Crippen LogP contribution in [0.15, 0.2) is 0 Å². The van der Waals surface area contributed by atoms with Crippen LogP contribution in [0.2, 0.25) is 0 Å². The maximum atomic E-state index is 11.5. The van der Waals surface area contributed by atoms with Gasteiger partial charge in [0.15, 0.2) is 9.84 Å². The Morgan fingerprint density at radius 2 is 2.17 bits per heavy atom. The second kappa shape index (κ2) is 5.17. The lowest BCUT2D eigenvalue weighted by atomic mass is 10.1. The lowest BCUT2D eigenvalue weighted by molar-refractivity contribution is 0.485. The van der Waals surface area contributed by atoms with Crippen LogP contribution in [0, 0.1) is 5.92 Å². The molecule has 0 bridgehead atoms. The van der Waals surface area contributed by atoms with Crippen molar-refractivity contribution in [3.8, 4) is 0 Å². The van der Waals surface area contributed by atoms with E-state index < -0.39 is 9.84 Å². The van der Waals surface area contributed by atoms with Gasteiger partial charge in [0, 0.05) is 12.5 Å². The fourth-order valence-corrected chi connectivity index (χ4v) is 4.25. The molecular formula is C11H18ClN3O2S. The zero-order valence-corrected chi connectivity index (χ0v) is 12.2. The van der Waals surface area contributed by atoms with Gasteiger partial charge in [-0.25, -0.2) is 8.42 Å². The minimum Gasteiger partial charge on any atom is -0.313 e. The van der Waals surface area contributed by atoms with Crippen molar-refractivity contribution in [3.63, 3.8) is 0 Å². The van der Waals surface area contributed by atoms with Gasteiger partial charge in [-0.05, 0) is 12.3 Å². The molecule has 1 aliphatic rings. The standard InChI is InChI=1S/C11H18ClN3O2S/c1-8(2)6-15-10(5-12)13-14-11(15)9-3-4-18(16,17)7-9/h8-9H,3-7H2,1-2H3. The predicted molar refractivity (Wildman–Crippen MR) is 70.4 cm³/mol. The van der Waals surface area contributed by atoms with E-state index in [1.807, 2.05) is 4.57 Å². The Morgan fingerprint density at radius 1 is 1.44 bits per heavy atom. The fourth-order valence-electron chi connectivity index (χ4n) is 2.31. The third kappa shape index (κ3) is 2.85. The maximum absolute atomic E-state index is 11.5. The van der Waals surface area contributed by atoms with Crippen molar-refractivity contribution in [1.82, 2.24) is 14.8 Å². The molecule has 102 valence electrons. The smallest absolute Gasteiger partial charge is 0.151 e. The van der Waals surface area contributed by atoms with E-state index in [1.165, 1.54) is 0 Å². The van der Waals surface area contributed by atoms with Crippen molar-refractivity contribution in [1.29, 1.82) is 0 Å². The van der Waals surface area contributed by atoms with E-state index in [2.05, 4.69) is 24.0 Å². The quantitative estimate of drug-likeness (QED) is 0.790. The molecule has 2 heterocycles. The Bertz CT molecular complexity index is 524. The van der Waals surface area contributed by atoms with Crippen LogP contribution in [0.25, 0.3) is 0 Å². The molecule has 0 aromatic carbocycles. The van der Waals surface area contributed by atoms with Crippen molar-refractivity contribution in [2.24, 2.45) is 5.92 Å². The van der Waals surface area contributed by atoms with Gasteiger partial charge in [-0.3, -0.25) is 0 Å². The van der Waals surface area contributed by atoms with E-state index in [0.717, 1.165) is 18.2 Å². The van der Waals surface area contributed by atoms with E-state index in [4.69, 9.17) is 11.6 Å². The number of hydrogen-bond acceptors (Lipinski definition) is 4. The molecule has 0 N–H and O–H groups in total. The van der Waals surface area contributed by atoms with E-state index in [9.17, 15) is 8.42 Å². The van der Waals surface area contributed by atoms with E-state index >= 15 is 0 Å². The van der Waals surface area contributed by atoms with Gasteiger partial charge in [0.2, 0.25) is 0 Å². The Kier molecular flexibility index (Phi) is 3.96. The minimum atomic E-state index is -2.90. The van der Waals surface area contributed by atoms with Gasteiger partial charge >= 0.3 is 0 Å². The molecule has 0 saturated carbocycles. The zero-order valence-electron chi connectivity index (χ0n) is 10.6. The summed E-state index contributed by atoms with van der Waals surface area (Å²) in [6.07, 6.45) is 0.640. The van der Waals surface area contributed by atoms with Crippen LogP contribution in [0.4, 0.5) is 0 Å². The lowest BCUT2D eigenvalue weighted by Crippen LogP contribution is -2.15. The van der Waals surface area contributed by atoms with Crippen molar-refractivity contribution in [3.05, 3.63) is 11.6 Å². The normalized spacial score (nSPS) is 22.8. The van der Waals surface area contributed by atoms with E-state index in [1.54, 1.807) is 0 Å². The monoisotopic (exact) mass is 291 g/mol. The van der Waals surface area contributed by atoms with Gasteiger partial charge in [-0.2, -0.15) is 0 Å². The molecule has 1 unspecified atom stereocenters. The van der Waals surface area contributed by atoms with Crippen LogP contribution in [-0.2, 0) is 22.3 Å². The summed E-state index contributed by atoms with van der Waals surface area (Å²) in [7, 11) is -2.90. The average molecular weight is 292 g/mol. The minimum absolute atomic E-state index is 0.0294. The summed E-state index contributed by atoms with van der Waals surface area (Å²) >= 11 is 5.85. The summed E-state index contributed by atoms with van der Waals surface area (Å²) in [5.41, 5.74) is 0. The molecule has 0 aliphatic carbocycles. The highest BCUT2D eigenvalue weighted by Crippen LogP contribution is 2.28. The van der Waals surface area contributed by atoms with Crippen LogP contribution in [0.3, 0.4) is 0 Å². The average Bonchev–Trinajstić information content (AvgIpc) is 2.81. The van der Waals surface area contributed by atoms with Gasteiger partial charge in [0.05, 0.1) is 17.4 Å². The third-order valence-corrected chi connectivity index (χ3v) is 5.13. The molecule has 1 aromatic heterocycles. The highest BCUT2D eigenvalue weighted by atomic mass is 35.5. The zero-order chi connectivity index (χ0) is 13.3. The second-order valence-corrected chi connectivity index (χ2v) is 7.71. The molecular weight excluding hydrogens is 274 g/mol. The largest absolute Gasteiger partial charge is 0.313 e. The topological polar surface area (TPSA) is 64.8 Å². The summed E-state index contributed by atoms with van der Waals surface area (Å²) in [5, 5.41) is 8.22. The maximum Gasteiger partial charge on any atom is 0.151 e. The van der Waals surface area contributed by atoms with Gasteiger partial charge in [-0.15, -0.1) is 21.8 Å². The van der Waals surface area contributed by atoms with Crippen molar-refractivity contribution < 1.29 is 8.42 Å². The molecule has 1 fully saturated rings. The lowest BCUT2D eigenvalue weighted by Gasteiger charge is -2.14. The van der Waals surface area contributed by atoms with Gasteiger partial charge in [-0.1, -0.05) is 13.8 Å². The highest BCUT2D eigenvalue weighted by Gasteiger charge is 2.33. The highest BCUT2D eigenvalue weighted by molar-refractivity contribution is 7.91. The number of sulfone groups is 1. The van der Waals surface area contributed by atoms with Gasteiger partial charge in [0.25, 0.3) is 0 Å². The van der Waals surface area contributed by atoms with Gasteiger partial charge < -0.3 is 4.57 Å². The predicted octanol–water partition coefficient (Wildman–Crippen LogP) is 1.57. The Morgan fingerprint density at radius 3 is 2.67 bits per heavy atom. The van der Waals surface area contributed by atoms with Crippen molar-refractivity contribution in [2.45, 2.75) is 38.6 Å². The Labute approximate surface area is 112 Å². The summed E-state index contributed by atoms with van der Waals surface area (Å²) < 4.78 is 25.1. The van der Waals surface area contributed by atoms with Crippen LogP contribution >= 0.6 is 11.6 Å². The molecule has 0 radical (unpaired) electrons. The molecule has 18 heavy (non-hydrogen) atoms. The first-order valence-corrected chi connectivity index (χ1v) is 8.47. The molecule has 2 rings (SSSR count). The molecule has 0 amide bonds. The van der Waals surface area contributed by atoms with E-state index in [-0.39, 0.29) is 17.4 Å². The fraction of sp³-hybridized carbons (Fsp3) is 0.818. The van der Waals surface area contributed by atoms with Crippen molar-refractivity contribution >= 4 is 21.4 Å². The number of rotatable bonds is 4. The molecule has 1 aliphatic heterocycles. The van der Waals surface area contributed by atoms with E-state index in [0.29, 0.717) is 18.2 Å². The SMILES string of the molecule is CC(C)Cn1c(CCl)nnc1C1CCS(=O)(=O)C1. The Hall–Kier alpha value is -0.620. The molecule has 5 nitrogen and oxygen atoms in total. The molecule has 1 saturated heterocycles. The summed E-state index contributed by atoms with van der Waals surface area (Å²) in [6.45, 7) is 4.99. The van der Waals surface area contributed by atoms with Crippen LogP contribution in [0.1, 0.15) is 37.8 Å². The molecule has 0 spiro atoms. The van der Waals surface area contributed by atoms with Gasteiger partial charge in [0.1, 0.15) is 11.6 Å². The first-order valence-electron chi connectivity index (χ1n) is 6.11. The number of halogens is 1. The summed E-state index contributed by atoms with van der Waals surface area (Å²) in [4.78, 5) is 0. The van der Waals surface area contributed by atoms with Crippen LogP contribution in [0.5, 0.6) is 0 Å². The second-order valence-electron chi connectivity index (χ2n) is 5.21. The first kappa shape index (κ1) is 13.8. The number of aromatic nitrogens is 3. The molecule has 1 aromatic rings. The Balaban J connectivity index is 2.30. The summed E-state index contributed by atoms with van der Waals surface area (Å²) in [6, 6.07) is 0. The third-order valence-electron chi connectivity index (χ3n) is 3.12. The van der Waals surface area contributed by atoms with Crippen molar-refractivity contribution in [2.75, 3.05) is 11.5 Å². The number of alkyl halides is 1. The molecule has 1 atom stereocenters. The van der Waals surface area contributed by atoms with Crippen LogP contribution in [-0.4, -0.2) is 34.7 Å². The van der Waals surface area contributed by atoms with Crippen LogP contribution < -0.4 is 0 Å². The number of nitrogens with zero attached hydrogens (tertiary/aromatic N) is 3.